The molecule has 0 aromatic heterocycles. The molecule has 2 N–H and O–H groups in total. The molecular weight excluding hydrogens is 270 g/mol. The largest absolute Gasteiger partial charge is 0.497 e. The minimum Gasteiger partial charge on any atom is -0.497 e. The molecule has 1 amide bonds. The number of fused-ring (bicyclic) bond motifs is 1. The lowest BCUT2D eigenvalue weighted by Crippen LogP contribution is -2.48. The summed E-state index contributed by atoms with van der Waals surface area (Å²) in [5.74, 6) is -0.765. The van der Waals surface area contributed by atoms with E-state index in [1.807, 2.05) is 24.3 Å². The Kier molecular flexibility index (Phi) is 3.84. The number of ether oxygens (including phenoxy) is 1. The van der Waals surface area contributed by atoms with Crippen LogP contribution in [0.4, 0.5) is 0 Å². The van der Waals surface area contributed by atoms with E-state index in [-0.39, 0.29) is 0 Å². The third-order valence-electron chi connectivity index (χ3n) is 3.48. The number of nitrogens with one attached hydrogen (secondary N) is 1. The second-order valence-electron chi connectivity index (χ2n) is 5.04. The van der Waals surface area contributed by atoms with Crippen molar-refractivity contribution in [2.45, 2.75) is 19.4 Å². The summed E-state index contributed by atoms with van der Waals surface area (Å²) in [4.78, 5) is 22.9. The second kappa shape index (κ2) is 5.44. The summed E-state index contributed by atoms with van der Waals surface area (Å²) in [6, 6.07) is 10.8. The Labute approximate surface area is 122 Å². The second-order valence-corrected chi connectivity index (χ2v) is 5.04. The number of benzene rings is 2. The first-order chi connectivity index (χ1) is 9.86. The summed E-state index contributed by atoms with van der Waals surface area (Å²) in [5, 5.41) is 13.8. The average molecular weight is 287 g/mol. The molecule has 0 spiro atoms. The van der Waals surface area contributed by atoms with Gasteiger partial charge in [-0.2, -0.15) is 0 Å². The Balaban J connectivity index is 2.54. The van der Waals surface area contributed by atoms with Crippen LogP contribution in [-0.4, -0.2) is 24.1 Å². The van der Waals surface area contributed by atoms with Crippen LogP contribution in [0, 0.1) is 0 Å². The lowest BCUT2D eigenvalue weighted by atomic mass is 9.90. The third-order valence-corrected chi connectivity index (χ3v) is 3.48. The van der Waals surface area contributed by atoms with E-state index in [9.17, 15) is 14.7 Å². The van der Waals surface area contributed by atoms with Crippen LogP contribution in [0.25, 0.3) is 10.8 Å². The summed E-state index contributed by atoms with van der Waals surface area (Å²) < 4.78 is 5.16. The molecule has 1 atom stereocenters. The highest BCUT2D eigenvalue weighted by molar-refractivity contribution is 5.90. The van der Waals surface area contributed by atoms with Crippen molar-refractivity contribution in [2.24, 2.45) is 0 Å². The van der Waals surface area contributed by atoms with Gasteiger partial charge >= 0.3 is 5.97 Å². The Morgan fingerprint density at radius 1 is 1.14 bits per heavy atom. The zero-order valence-corrected chi connectivity index (χ0v) is 12.1. The van der Waals surface area contributed by atoms with Gasteiger partial charge in [-0.15, -0.1) is 0 Å². The fourth-order valence-corrected chi connectivity index (χ4v) is 2.26. The predicted octanol–water partition coefficient (Wildman–Crippen LogP) is 2.28. The molecule has 0 aliphatic rings. The maximum atomic E-state index is 11.6. The standard InChI is InChI=1S/C16H17NO4/c1-10(18)17-16(2,15(19)20)13-6-4-12-9-14(21-3)7-5-11(12)8-13/h4-9H,1-3H3,(H,17,18)(H,19,20). The molecule has 5 nitrogen and oxygen atoms in total. The van der Waals surface area contributed by atoms with Crippen LogP contribution in [0.2, 0.25) is 0 Å². The van der Waals surface area contributed by atoms with Gasteiger partial charge in [-0.3, -0.25) is 4.79 Å². The number of carboxylic acid groups (broad SMARTS) is 1. The molecule has 21 heavy (non-hydrogen) atoms. The average Bonchev–Trinajstić information content (AvgIpc) is 2.45. The number of rotatable bonds is 4. The first-order valence-corrected chi connectivity index (χ1v) is 6.47. The molecule has 1 unspecified atom stereocenters. The van der Waals surface area contributed by atoms with Gasteiger partial charge in [-0.05, 0) is 41.5 Å². The van der Waals surface area contributed by atoms with Crippen LogP contribution in [0.3, 0.4) is 0 Å². The van der Waals surface area contributed by atoms with E-state index in [2.05, 4.69) is 5.32 Å². The molecule has 0 radical (unpaired) electrons. The van der Waals surface area contributed by atoms with E-state index >= 15 is 0 Å². The first kappa shape index (κ1) is 14.8. The number of methoxy groups -OCH3 is 1. The van der Waals surface area contributed by atoms with Crippen LogP contribution < -0.4 is 10.1 Å². The highest BCUT2D eigenvalue weighted by Crippen LogP contribution is 2.27. The minimum atomic E-state index is -1.46. The highest BCUT2D eigenvalue weighted by atomic mass is 16.5. The van der Waals surface area contributed by atoms with Gasteiger partial charge < -0.3 is 15.2 Å². The van der Waals surface area contributed by atoms with E-state index in [1.165, 1.54) is 13.8 Å². The summed E-state index contributed by atoms with van der Waals surface area (Å²) in [6.07, 6.45) is 0. The van der Waals surface area contributed by atoms with Gasteiger partial charge in [0.25, 0.3) is 0 Å². The van der Waals surface area contributed by atoms with Gasteiger partial charge in [0.1, 0.15) is 5.75 Å². The molecule has 0 saturated heterocycles. The van der Waals surface area contributed by atoms with Gasteiger partial charge in [0.2, 0.25) is 5.91 Å². The van der Waals surface area contributed by atoms with Crippen LogP contribution in [0.5, 0.6) is 5.75 Å². The Bertz CT molecular complexity index is 710. The van der Waals surface area contributed by atoms with Crippen molar-refractivity contribution in [3.8, 4) is 5.75 Å². The molecule has 2 rings (SSSR count). The molecule has 110 valence electrons. The van der Waals surface area contributed by atoms with Crippen LogP contribution in [0.15, 0.2) is 36.4 Å². The van der Waals surface area contributed by atoms with E-state index in [0.717, 1.165) is 16.5 Å². The van der Waals surface area contributed by atoms with Crippen molar-refractivity contribution in [1.82, 2.24) is 5.32 Å². The van der Waals surface area contributed by atoms with Crippen molar-refractivity contribution >= 4 is 22.6 Å². The molecule has 2 aromatic rings. The monoisotopic (exact) mass is 287 g/mol. The molecule has 0 heterocycles. The quantitative estimate of drug-likeness (QED) is 0.904. The van der Waals surface area contributed by atoms with E-state index in [4.69, 9.17) is 4.74 Å². The van der Waals surface area contributed by atoms with Crippen molar-refractivity contribution in [3.05, 3.63) is 42.0 Å². The lowest BCUT2D eigenvalue weighted by molar-refractivity contribution is -0.147. The fourth-order valence-electron chi connectivity index (χ4n) is 2.26. The summed E-state index contributed by atoms with van der Waals surface area (Å²) in [6.45, 7) is 2.77. The summed E-state index contributed by atoms with van der Waals surface area (Å²) in [7, 11) is 1.59. The number of hydrogen-bond acceptors (Lipinski definition) is 3. The molecule has 0 aliphatic carbocycles. The first-order valence-electron chi connectivity index (χ1n) is 6.47. The molecule has 2 aromatic carbocycles. The number of carbonyl (C=O) groups excluding carboxylic acids is 1. The Morgan fingerprint density at radius 2 is 1.76 bits per heavy atom. The van der Waals surface area contributed by atoms with Crippen LogP contribution in [-0.2, 0) is 15.1 Å². The minimum absolute atomic E-state index is 0.394. The van der Waals surface area contributed by atoms with Crippen molar-refractivity contribution in [1.29, 1.82) is 0 Å². The van der Waals surface area contributed by atoms with Crippen molar-refractivity contribution < 1.29 is 19.4 Å². The van der Waals surface area contributed by atoms with Crippen molar-refractivity contribution in [2.75, 3.05) is 7.11 Å². The van der Waals surface area contributed by atoms with Gasteiger partial charge in [0, 0.05) is 6.92 Å². The molecule has 0 bridgehead atoms. The van der Waals surface area contributed by atoms with E-state index < -0.39 is 17.4 Å². The lowest BCUT2D eigenvalue weighted by Gasteiger charge is -2.26. The van der Waals surface area contributed by atoms with Crippen molar-refractivity contribution in [3.63, 3.8) is 0 Å². The predicted molar refractivity (Wildman–Crippen MR) is 79.3 cm³/mol. The molecule has 0 saturated carbocycles. The number of hydrogen-bond donors (Lipinski definition) is 2. The third kappa shape index (κ3) is 2.81. The van der Waals surface area contributed by atoms with Crippen LogP contribution >= 0.6 is 0 Å². The van der Waals surface area contributed by atoms with Gasteiger partial charge in [0.05, 0.1) is 7.11 Å². The topological polar surface area (TPSA) is 75.6 Å². The van der Waals surface area contributed by atoms with E-state index in [0.29, 0.717) is 5.56 Å². The van der Waals surface area contributed by atoms with Crippen LogP contribution in [0.1, 0.15) is 19.4 Å². The number of amides is 1. The van der Waals surface area contributed by atoms with Gasteiger partial charge in [0.15, 0.2) is 5.54 Å². The fraction of sp³-hybridized carbons (Fsp3) is 0.250. The maximum absolute atomic E-state index is 11.6. The van der Waals surface area contributed by atoms with Gasteiger partial charge in [-0.1, -0.05) is 18.2 Å². The van der Waals surface area contributed by atoms with Gasteiger partial charge in [-0.25, -0.2) is 4.79 Å². The molecule has 0 aliphatic heterocycles. The van der Waals surface area contributed by atoms with E-state index in [1.54, 1.807) is 19.2 Å². The smallest absolute Gasteiger partial charge is 0.333 e. The molecular formula is C16H17NO4. The number of carbonyl (C=O) groups is 2. The Morgan fingerprint density at radius 3 is 2.33 bits per heavy atom. The SMILES string of the molecule is COc1ccc2cc(C(C)(NC(C)=O)C(=O)O)ccc2c1. The number of carboxylic acids is 1. The zero-order valence-electron chi connectivity index (χ0n) is 12.1. The normalized spacial score (nSPS) is 13.5. The Hall–Kier alpha value is -2.56. The maximum Gasteiger partial charge on any atom is 0.333 e. The highest BCUT2D eigenvalue weighted by Gasteiger charge is 2.36. The zero-order chi connectivity index (χ0) is 15.6. The number of aliphatic carboxylic acids is 1. The molecule has 0 fully saturated rings. The summed E-state index contributed by atoms with van der Waals surface area (Å²) >= 11 is 0. The summed E-state index contributed by atoms with van der Waals surface area (Å²) in [5.41, 5.74) is -0.942. The molecule has 5 heteroatoms.